The average Bonchev–Trinajstić information content (AvgIpc) is 3.47. The quantitative estimate of drug-likeness (QED) is 0.717. The number of carbonyl (C=O) groups is 3. The number of amides is 3. The van der Waals surface area contributed by atoms with Crippen LogP contribution in [-0.2, 0) is 32.0 Å². The fraction of sp³-hybridized carbons (Fsp3) is 0.538. The van der Waals surface area contributed by atoms with Crippen LogP contribution in [-0.4, -0.2) is 70.9 Å². The Labute approximate surface area is 203 Å². The SMILES string of the molecule is CC[C@@H]1c2oc(C)nc2[C@H](C(=O)N2CCOCC2)N2C(=O)[C@@H](C3Cc4ccccc4C3)NC(=O)[C@@H]12. The van der Waals surface area contributed by atoms with Gasteiger partial charge in [-0.15, -0.1) is 0 Å². The van der Waals surface area contributed by atoms with Crippen LogP contribution in [0, 0.1) is 12.8 Å². The molecule has 4 atom stereocenters. The molecule has 0 bridgehead atoms. The minimum absolute atomic E-state index is 0.0514. The number of carbonyl (C=O) groups excluding carboxylic acids is 3. The number of oxazole rings is 1. The molecule has 2 aromatic rings. The zero-order valence-corrected chi connectivity index (χ0v) is 20.0. The minimum atomic E-state index is -0.974. The fourth-order valence-electron chi connectivity index (χ4n) is 6.33. The second-order valence-corrected chi connectivity index (χ2v) is 9.95. The number of hydrogen-bond acceptors (Lipinski definition) is 6. The monoisotopic (exact) mass is 478 g/mol. The average molecular weight is 479 g/mol. The molecule has 2 saturated heterocycles. The van der Waals surface area contributed by atoms with Crippen LogP contribution >= 0.6 is 0 Å². The third-order valence-electron chi connectivity index (χ3n) is 7.98. The van der Waals surface area contributed by atoms with Crippen LogP contribution in [0.1, 0.15) is 53.8 Å². The van der Waals surface area contributed by atoms with E-state index < -0.39 is 18.1 Å². The number of benzene rings is 1. The Bertz CT molecular complexity index is 1160. The zero-order chi connectivity index (χ0) is 24.3. The summed E-state index contributed by atoms with van der Waals surface area (Å²) in [4.78, 5) is 49.5. The van der Waals surface area contributed by atoms with Gasteiger partial charge in [-0.1, -0.05) is 31.2 Å². The minimum Gasteiger partial charge on any atom is -0.445 e. The molecular formula is C26H30N4O5. The Hall–Kier alpha value is -3.20. The molecule has 4 heterocycles. The highest BCUT2D eigenvalue weighted by atomic mass is 16.5. The molecule has 35 heavy (non-hydrogen) atoms. The molecule has 184 valence electrons. The highest BCUT2D eigenvalue weighted by Gasteiger charge is 2.57. The lowest BCUT2D eigenvalue weighted by Gasteiger charge is -2.49. The number of morpholine rings is 1. The Morgan fingerprint density at radius 3 is 2.49 bits per heavy atom. The van der Waals surface area contributed by atoms with Gasteiger partial charge in [0.2, 0.25) is 11.8 Å². The molecule has 4 aliphatic rings. The predicted octanol–water partition coefficient (Wildman–Crippen LogP) is 1.50. The van der Waals surface area contributed by atoms with E-state index in [1.807, 2.05) is 19.1 Å². The Morgan fingerprint density at radius 2 is 1.83 bits per heavy atom. The van der Waals surface area contributed by atoms with E-state index in [1.165, 1.54) is 11.1 Å². The topological polar surface area (TPSA) is 105 Å². The second kappa shape index (κ2) is 8.48. The van der Waals surface area contributed by atoms with Gasteiger partial charge in [0, 0.05) is 25.9 Å². The maximum Gasteiger partial charge on any atom is 0.251 e. The molecule has 1 aliphatic carbocycles. The zero-order valence-electron chi connectivity index (χ0n) is 20.0. The van der Waals surface area contributed by atoms with E-state index in [2.05, 4.69) is 22.4 Å². The number of nitrogens with zero attached hydrogens (tertiary/aromatic N) is 3. The Kier molecular flexibility index (Phi) is 5.40. The van der Waals surface area contributed by atoms with Gasteiger partial charge in [-0.2, -0.15) is 0 Å². The maximum absolute atomic E-state index is 14.2. The van der Waals surface area contributed by atoms with Crippen molar-refractivity contribution < 1.29 is 23.5 Å². The van der Waals surface area contributed by atoms with Crippen LogP contribution in [0.2, 0.25) is 0 Å². The van der Waals surface area contributed by atoms with Crippen molar-refractivity contribution in [3.63, 3.8) is 0 Å². The molecule has 0 unspecified atom stereocenters. The van der Waals surface area contributed by atoms with Gasteiger partial charge in [0.05, 0.1) is 13.2 Å². The van der Waals surface area contributed by atoms with Crippen LogP contribution in [0.25, 0.3) is 0 Å². The number of rotatable bonds is 3. The molecule has 0 saturated carbocycles. The summed E-state index contributed by atoms with van der Waals surface area (Å²) in [7, 11) is 0. The van der Waals surface area contributed by atoms with E-state index in [-0.39, 0.29) is 29.6 Å². The van der Waals surface area contributed by atoms with Gasteiger partial charge < -0.3 is 24.3 Å². The molecule has 1 aromatic heterocycles. The van der Waals surface area contributed by atoms with E-state index in [4.69, 9.17) is 9.15 Å². The first-order valence-corrected chi connectivity index (χ1v) is 12.5. The molecule has 1 N–H and O–H groups in total. The largest absolute Gasteiger partial charge is 0.445 e. The molecule has 3 aliphatic heterocycles. The summed E-state index contributed by atoms with van der Waals surface area (Å²) in [6, 6.07) is 5.70. The first kappa shape index (κ1) is 22.3. The summed E-state index contributed by atoms with van der Waals surface area (Å²) >= 11 is 0. The lowest BCUT2D eigenvalue weighted by atomic mass is 9.80. The molecule has 2 fully saturated rings. The summed E-state index contributed by atoms with van der Waals surface area (Å²) in [6.45, 7) is 5.48. The lowest BCUT2D eigenvalue weighted by Crippen LogP contribution is -2.70. The van der Waals surface area contributed by atoms with Crippen LogP contribution in [0.4, 0.5) is 0 Å². The van der Waals surface area contributed by atoms with Gasteiger partial charge in [-0.25, -0.2) is 4.98 Å². The Morgan fingerprint density at radius 1 is 1.14 bits per heavy atom. The van der Waals surface area contributed by atoms with Crippen molar-refractivity contribution in [3.8, 4) is 0 Å². The van der Waals surface area contributed by atoms with E-state index in [0.717, 1.165) is 12.8 Å². The second-order valence-electron chi connectivity index (χ2n) is 9.95. The van der Waals surface area contributed by atoms with Gasteiger partial charge in [-0.3, -0.25) is 14.4 Å². The van der Waals surface area contributed by atoms with E-state index >= 15 is 0 Å². The van der Waals surface area contributed by atoms with Crippen molar-refractivity contribution in [2.75, 3.05) is 26.3 Å². The molecule has 3 amide bonds. The normalized spacial score (nSPS) is 28.4. The number of fused-ring (bicyclic) bond motifs is 3. The summed E-state index contributed by atoms with van der Waals surface area (Å²) < 4.78 is 11.4. The van der Waals surface area contributed by atoms with Crippen molar-refractivity contribution >= 4 is 17.7 Å². The van der Waals surface area contributed by atoms with Crippen molar-refractivity contribution in [1.82, 2.24) is 20.1 Å². The van der Waals surface area contributed by atoms with Crippen molar-refractivity contribution in [3.05, 3.63) is 52.7 Å². The van der Waals surface area contributed by atoms with Crippen molar-refractivity contribution in [2.45, 2.75) is 57.2 Å². The molecule has 1 aromatic carbocycles. The number of piperazine rings is 1. The summed E-state index contributed by atoms with van der Waals surface area (Å²) in [5.74, 6) is -0.0779. The van der Waals surface area contributed by atoms with Crippen LogP contribution in [0.5, 0.6) is 0 Å². The number of ether oxygens (including phenoxy) is 1. The van der Waals surface area contributed by atoms with E-state index in [1.54, 1.807) is 16.7 Å². The van der Waals surface area contributed by atoms with Gasteiger partial charge in [0.15, 0.2) is 11.9 Å². The predicted molar refractivity (Wildman–Crippen MR) is 124 cm³/mol. The Balaban J connectivity index is 1.41. The molecule has 9 nitrogen and oxygen atoms in total. The third kappa shape index (κ3) is 3.47. The number of aryl methyl sites for hydroxylation is 1. The summed E-state index contributed by atoms with van der Waals surface area (Å²) in [6.07, 6.45) is 2.03. The van der Waals surface area contributed by atoms with Gasteiger partial charge in [0.1, 0.15) is 23.5 Å². The smallest absolute Gasteiger partial charge is 0.251 e. The molecule has 0 spiro atoms. The lowest BCUT2D eigenvalue weighted by molar-refractivity contribution is -0.163. The van der Waals surface area contributed by atoms with Crippen molar-refractivity contribution in [1.29, 1.82) is 0 Å². The standard InChI is InChI=1S/C26H30N4O5/c1-3-18-21-24(31)28-19(17-12-15-6-4-5-7-16(15)13-17)25(32)30(21)22(20-23(18)35-14(2)27-20)26(33)29-8-10-34-11-9-29/h4-7,17-19,21-22H,3,8-13H2,1-2H3,(H,28,31)/t18-,19+,21+,22+/m0/s1. The van der Waals surface area contributed by atoms with E-state index in [9.17, 15) is 14.4 Å². The van der Waals surface area contributed by atoms with Crippen LogP contribution in [0.15, 0.2) is 28.7 Å². The van der Waals surface area contributed by atoms with Crippen LogP contribution in [0.3, 0.4) is 0 Å². The van der Waals surface area contributed by atoms with E-state index in [0.29, 0.717) is 50.1 Å². The third-order valence-corrected chi connectivity index (χ3v) is 7.98. The fourth-order valence-corrected chi connectivity index (χ4v) is 6.33. The number of nitrogens with one attached hydrogen (secondary N) is 1. The first-order chi connectivity index (χ1) is 17.0. The number of hydrogen-bond donors (Lipinski definition) is 1. The van der Waals surface area contributed by atoms with Gasteiger partial charge in [-0.05, 0) is 36.3 Å². The summed E-state index contributed by atoms with van der Waals surface area (Å²) in [5.41, 5.74) is 2.89. The summed E-state index contributed by atoms with van der Waals surface area (Å²) in [5, 5.41) is 3.05. The van der Waals surface area contributed by atoms with Gasteiger partial charge in [0.25, 0.3) is 5.91 Å². The van der Waals surface area contributed by atoms with Crippen LogP contribution < -0.4 is 5.32 Å². The molecule has 6 rings (SSSR count). The number of aromatic nitrogens is 1. The molecule has 9 heteroatoms. The molecule has 0 radical (unpaired) electrons. The highest BCUT2D eigenvalue weighted by molar-refractivity contribution is 6.01. The molecular weight excluding hydrogens is 448 g/mol. The highest BCUT2D eigenvalue weighted by Crippen LogP contribution is 2.45. The van der Waals surface area contributed by atoms with Crippen molar-refractivity contribution in [2.24, 2.45) is 5.92 Å². The maximum atomic E-state index is 14.2. The first-order valence-electron chi connectivity index (χ1n) is 12.5. The van der Waals surface area contributed by atoms with Gasteiger partial charge >= 0.3 is 0 Å².